The summed E-state index contributed by atoms with van der Waals surface area (Å²) in [5.74, 6) is -2.98. The van der Waals surface area contributed by atoms with Gasteiger partial charge < -0.3 is 9.67 Å². The summed E-state index contributed by atoms with van der Waals surface area (Å²) in [5, 5.41) is 8.70. The van der Waals surface area contributed by atoms with Crippen LogP contribution in [0.15, 0.2) is 47.4 Å². The van der Waals surface area contributed by atoms with Gasteiger partial charge in [-0.1, -0.05) is 23.7 Å². The summed E-state index contributed by atoms with van der Waals surface area (Å²) >= 11 is 5.74. The third-order valence-electron chi connectivity index (χ3n) is 3.39. The van der Waals surface area contributed by atoms with Crippen LogP contribution in [0.1, 0.15) is 10.4 Å². The Morgan fingerprint density at radius 2 is 1.83 bits per heavy atom. The Kier molecular flexibility index (Phi) is 3.61. The average molecular weight is 336 g/mol. The zero-order valence-electron chi connectivity index (χ0n) is 11.4. The van der Waals surface area contributed by atoms with E-state index in [0.29, 0.717) is 0 Å². The van der Waals surface area contributed by atoms with Crippen LogP contribution in [-0.4, -0.2) is 15.6 Å². The SMILES string of the molecule is O=C(O)c1cn(-c2ccccc2F)c2cc(Cl)c(F)cc2c1=O. The maximum absolute atomic E-state index is 14.1. The largest absolute Gasteiger partial charge is 0.477 e. The zero-order chi connectivity index (χ0) is 16.7. The number of carbonyl (C=O) groups is 1. The highest BCUT2D eigenvalue weighted by Crippen LogP contribution is 2.25. The summed E-state index contributed by atoms with van der Waals surface area (Å²) in [6.45, 7) is 0. The van der Waals surface area contributed by atoms with Crippen molar-refractivity contribution in [3.63, 3.8) is 0 Å². The number of halogens is 3. The van der Waals surface area contributed by atoms with Crippen LogP contribution < -0.4 is 5.43 Å². The minimum absolute atomic E-state index is 0.0164. The van der Waals surface area contributed by atoms with Crippen molar-refractivity contribution in [3.05, 3.63) is 75.0 Å². The fourth-order valence-corrected chi connectivity index (χ4v) is 2.48. The topological polar surface area (TPSA) is 59.3 Å². The van der Waals surface area contributed by atoms with Gasteiger partial charge in [-0.15, -0.1) is 0 Å². The molecule has 0 bridgehead atoms. The number of hydrogen-bond acceptors (Lipinski definition) is 2. The first kappa shape index (κ1) is 15.2. The molecular formula is C16H8ClF2NO3. The van der Waals surface area contributed by atoms with Crippen LogP contribution in [0.25, 0.3) is 16.6 Å². The van der Waals surface area contributed by atoms with Crippen LogP contribution in [-0.2, 0) is 0 Å². The molecule has 0 fully saturated rings. The molecule has 0 aliphatic heterocycles. The maximum Gasteiger partial charge on any atom is 0.341 e. The third-order valence-corrected chi connectivity index (χ3v) is 3.68. The molecule has 0 saturated carbocycles. The van der Waals surface area contributed by atoms with Crippen LogP contribution in [0.3, 0.4) is 0 Å². The summed E-state index contributed by atoms with van der Waals surface area (Å²) in [6.07, 6.45) is 1.000. The predicted molar refractivity (Wildman–Crippen MR) is 81.4 cm³/mol. The minimum Gasteiger partial charge on any atom is -0.477 e. The fourth-order valence-electron chi connectivity index (χ4n) is 2.32. The van der Waals surface area contributed by atoms with Gasteiger partial charge in [-0.2, -0.15) is 0 Å². The van der Waals surface area contributed by atoms with E-state index in [1.165, 1.54) is 22.8 Å². The van der Waals surface area contributed by atoms with Crippen LogP contribution >= 0.6 is 11.6 Å². The lowest BCUT2D eigenvalue weighted by Crippen LogP contribution is -2.19. The molecule has 23 heavy (non-hydrogen) atoms. The Morgan fingerprint density at radius 3 is 2.48 bits per heavy atom. The van der Waals surface area contributed by atoms with Crippen LogP contribution in [0, 0.1) is 11.6 Å². The van der Waals surface area contributed by atoms with Crippen molar-refractivity contribution in [2.75, 3.05) is 0 Å². The Hall–Kier alpha value is -2.73. The monoisotopic (exact) mass is 335 g/mol. The molecule has 2 aromatic carbocycles. The highest BCUT2D eigenvalue weighted by atomic mass is 35.5. The Balaban J connectivity index is 2.53. The lowest BCUT2D eigenvalue weighted by Gasteiger charge is -2.13. The summed E-state index contributed by atoms with van der Waals surface area (Å²) in [4.78, 5) is 23.5. The van der Waals surface area contributed by atoms with Crippen LogP contribution in [0.5, 0.6) is 0 Å². The van der Waals surface area contributed by atoms with Crippen molar-refractivity contribution in [1.29, 1.82) is 0 Å². The molecule has 0 aliphatic rings. The van der Waals surface area contributed by atoms with E-state index in [-0.39, 0.29) is 21.6 Å². The Labute approximate surface area is 133 Å². The molecule has 1 N–H and O–H groups in total. The molecule has 116 valence electrons. The first-order valence-corrected chi connectivity index (χ1v) is 6.80. The summed E-state index contributed by atoms with van der Waals surface area (Å²) < 4.78 is 28.9. The highest BCUT2D eigenvalue weighted by Gasteiger charge is 2.18. The van der Waals surface area contributed by atoms with Gasteiger partial charge in [0.15, 0.2) is 0 Å². The molecule has 0 saturated heterocycles. The number of fused-ring (bicyclic) bond motifs is 1. The second-order valence-corrected chi connectivity index (χ2v) is 5.19. The summed E-state index contributed by atoms with van der Waals surface area (Å²) in [5.41, 5.74) is -1.34. The van der Waals surface area contributed by atoms with Gasteiger partial charge >= 0.3 is 5.97 Å². The number of carboxylic acids is 1. The number of hydrogen-bond donors (Lipinski definition) is 1. The van der Waals surface area contributed by atoms with Crippen molar-refractivity contribution in [1.82, 2.24) is 4.57 Å². The summed E-state index contributed by atoms with van der Waals surface area (Å²) in [6, 6.07) is 7.62. The molecule has 0 amide bonds. The molecule has 0 atom stereocenters. The van der Waals surface area contributed by atoms with Crippen LogP contribution in [0.2, 0.25) is 5.02 Å². The number of aromatic carboxylic acids is 1. The van der Waals surface area contributed by atoms with Crippen molar-refractivity contribution in [2.24, 2.45) is 0 Å². The molecule has 0 aliphatic carbocycles. The second-order valence-electron chi connectivity index (χ2n) is 4.78. The number of benzene rings is 2. The molecule has 3 aromatic rings. The number of pyridine rings is 1. The number of nitrogens with zero attached hydrogens (tertiary/aromatic N) is 1. The van der Waals surface area contributed by atoms with Crippen molar-refractivity contribution in [3.8, 4) is 5.69 Å². The minimum atomic E-state index is -1.49. The number of rotatable bonds is 2. The Bertz CT molecular complexity index is 1010. The fraction of sp³-hybridized carbons (Fsp3) is 0. The van der Waals surface area contributed by atoms with Crippen molar-refractivity contribution in [2.45, 2.75) is 0 Å². The van der Waals surface area contributed by atoms with E-state index in [1.54, 1.807) is 6.07 Å². The number of aromatic nitrogens is 1. The van der Waals surface area contributed by atoms with E-state index in [1.807, 2.05) is 0 Å². The molecular weight excluding hydrogens is 328 g/mol. The van der Waals surface area contributed by atoms with Gasteiger partial charge in [-0.25, -0.2) is 13.6 Å². The standard InChI is InChI=1S/C16H8ClF2NO3/c17-10-6-14-8(5-12(10)19)15(21)9(16(22)23)7-20(14)13-4-2-1-3-11(13)18/h1-7H,(H,22,23). The van der Waals surface area contributed by atoms with Crippen molar-refractivity contribution >= 4 is 28.5 Å². The first-order valence-electron chi connectivity index (χ1n) is 6.42. The molecule has 0 radical (unpaired) electrons. The number of para-hydroxylation sites is 1. The molecule has 3 rings (SSSR count). The van der Waals surface area contributed by atoms with E-state index in [0.717, 1.165) is 18.3 Å². The van der Waals surface area contributed by atoms with E-state index in [9.17, 15) is 18.4 Å². The van der Waals surface area contributed by atoms with Gasteiger partial charge in [-0.3, -0.25) is 4.79 Å². The third kappa shape index (κ3) is 2.47. The maximum atomic E-state index is 14.1. The van der Waals surface area contributed by atoms with Gasteiger partial charge in [0.25, 0.3) is 0 Å². The van der Waals surface area contributed by atoms with Gasteiger partial charge in [0.1, 0.15) is 17.2 Å². The van der Waals surface area contributed by atoms with Crippen LogP contribution in [0.4, 0.5) is 8.78 Å². The average Bonchev–Trinajstić information content (AvgIpc) is 2.50. The lowest BCUT2D eigenvalue weighted by atomic mass is 10.1. The second kappa shape index (κ2) is 5.48. The van der Waals surface area contributed by atoms with E-state index < -0.39 is 28.6 Å². The van der Waals surface area contributed by atoms with E-state index >= 15 is 0 Å². The van der Waals surface area contributed by atoms with Gasteiger partial charge in [0.2, 0.25) is 5.43 Å². The quantitative estimate of drug-likeness (QED) is 0.778. The van der Waals surface area contributed by atoms with Gasteiger partial charge in [-0.05, 0) is 24.3 Å². The molecule has 0 spiro atoms. The molecule has 0 unspecified atom stereocenters. The number of carboxylic acid groups (broad SMARTS) is 1. The predicted octanol–water partition coefficient (Wildman–Crippen LogP) is 3.62. The lowest BCUT2D eigenvalue weighted by molar-refractivity contribution is 0.0695. The zero-order valence-corrected chi connectivity index (χ0v) is 12.1. The van der Waals surface area contributed by atoms with E-state index in [2.05, 4.69) is 0 Å². The van der Waals surface area contributed by atoms with E-state index in [4.69, 9.17) is 16.7 Å². The van der Waals surface area contributed by atoms with Gasteiger partial charge in [0.05, 0.1) is 16.2 Å². The Morgan fingerprint density at radius 1 is 1.13 bits per heavy atom. The molecule has 7 heteroatoms. The first-order chi connectivity index (χ1) is 10.9. The summed E-state index contributed by atoms with van der Waals surface area (Å²) in [7, 11) is 0. The van der Waals surface area contributed by atoms with Gasteiger partial charge in [0, 0.05) is 11.6 Å². The molecule has 1 aromatic heterocycles. The normalized spacial score (nSPS) is 10.9. The highest BCUT2D eigenvalue weighted by molar-refractivity contribution is 6.31. The van der Waals surface area contributed by atoms with Crippen molar-refractivity contribution < 1.29 is 18.7 Å². The molecule has 4 nitrogen and oxygen atoms in total. The molecule has 1 heterocycles. The smallest absolute Gasteiger partial charge is 0.341 e.